The number of anilines is 2. The molecule has 0 N–H and O–H groups in total. The standard InChI is InChI=1S/C55H35NO3/c1-2-13-36(14-3-1)56(37-28-25-34(26-29-37)35-27-30-41-40-17-7-11-23-48(40)57-51(41)33-35)47-22-12-24-49-53(47)59-54-50(58-49)32-31-46-52(54)42-18-6-10-21-45(42)55(46)43-19-8-4-15-38(43)39-16-5-9-20-44(39)55/h1-28,30-33,37H,29H2. The molecule has 278 valence electrons. The van der Waals surface area contributed by atoms with Crippen LogP contribution in [0.5, 0.6) is 23.0 Å². The molecule has 8 aromatic carbocycles. The molecule has 1 unspecified atom stereocenters. The fraction of sp³-hybridized carbons (Fsp3) is 0.0545. The molecular weight excluding hydrogens is 723 g/mol. The summed E-state index contributed by atoms with van der Waals surface area (Å²) in [6.07, 6.45) is 7.70. The Bertz CT molecular complexity index is 3230. The van der Waals surface area contributed by atoms with Crippen LogP contribution in [-0.4, -0.2) is 6.04 Å². The van der Waals surface area contributed by atoms with E-state index in [-0.39, 0.29) is 6.04 Å². The number of hydrogen-bond donors (Lipinski definition) is 0. The SMILES string of the molecule is C1=CC(N(c2ccccc2)c2cccc3c2Oc2c(ccc4c2-c2ccccc2C42c4ccccc4-c4ccccc42)O3)CC=C1c1ccc2c(c1)oc1ccccc12. The summed E-state index contributed by atoms with van der Waals surface area (Å²) in [6.45, 7) is 0. The molecule has 1 spiro atoms. The van der Waals surface area contributed by atoms with E-state index in [9.17, 15) is 0 Å². The minimum absolute atomic E-state index is 0.0181. The zero-order chi connectivity index (χ0) is 38.7. The smallest absolute Gasteiger partial charge is 0.193 e. The molecule has 59 heavy (non-hydrogen) atoms. The summed E-state index contributed by atoms with van der Waals surface area (Å²) >= 11 is 0. The van der Waals surface area contributed by atoms with Gasteiger partial charge >= 0.3 is 0 Å². The molecule has 1 aromatic heterocycles. The van der Waals surface area contributed by atoms with E-state index in [1.165, 1.54) is 44.5 Å². The van der Waals surface area contributed by atoms with Crippen LogP contribution < -0.4 is 14.4 Å². The van der Waals surface area contributed by atoms with Crippen LogP contribution in [0.4, 0.5) is 11.4 Å². The maximum absolute atomic E-state index is 7.32. The Morgan fingerprint density at radius 3 is 1.97 bits per heavy atom. The third kappa shape index (κ3) is 4.49. The van der Waals surface area contributed by atoms with Crippen molar-refractivity contribution in [2.45, 2.75) is 17.9 Å². The van der Waals surface area contributed by atoms with Gasteiger partial charge in [-0.1, -0.05) is 146 Å². The molecule has 0 radical (unpaired) electrons. The highest BCUT2D eigenvalue weighted by molar-refractivity contribution is 6.06. The van der Waals surface area contributed by atoms with Crippen molar-refractivity contribution >= 4 is 38.9 Å². The van der Waals surface area contributed by atoms with Crippen LogP contribution >= 0.6 is 0 Å². The van der Waals surface area contributed by atoms with E-state index in [1.54, 1.807) is 0 Å². The van der Waals surface area contributed by atoms with Gasteiger partial charge in [-0.15, -0.1) is 0 Å². The van der Waals surface area contributed by atoms with Crippen molar-refractivity contribution in [2.75, 3.05) is 4.90 Å². The highest BCUT2D eigenvalue weighted by atomic mass is 16.6. The molecule has 13 rings (SSSR count). The van der Waals surface area contributed by atoms with Crippen LogP contribution in [0.1, 0.15) is 34.2 Å². The van der Waals surface area contributed by atoms with Gasteiger partial charge in [0, 0.05) is 22.0 Å². The average molecular weight is 758 g/mol. The second-order valence-corrected chi connectivity index (χ2v) is 15.8. The molecule has 0 saturated carbocycles. The molecule has 0 bridgehead atoms. The van der Waals surface area contributed by atoms with Gasteiger partial charge in [-0.05, 0) is 105 Å². The van der Waals surface area contributed by atoms with Gasteiger partial charge < -0.3 is 18.8 Å². The Balaban J connectivity index is 0.923. The zero-order valence-electron chi connectivity index (χ0n) is 31.9. The zero-order valence-corrected chi connectivity index (χ0v) is 31.9. The molecular formula is C55H35NO3. The van der Waals surface area contributed by atoms with E-state index in [4.69, 9.17) is 13.9 Å². The molecule has 4 aliphatic rings. The third-order valence-corrected chi connectivity index (χ3v) is 12.9. The number of benzene rings is 8. The summed E-state index contributed by atoms with van der Waals surface area (Å²) < 4.78 is 20.4. The quantitative estimate of drug-likeness (QED) is 0.179. The van der Waals surface area contributed by atoms with E-state index in [0.29, 0.717) is 11.5 Å². The lowest BCUT2D eigenvalue weighted by atomic mass is 9.70. The Morgan fingerprint density at radius 1 is 0.508 bits per heavy atom. The number of para-hydroxylation sites is 3. The highest BCUT2D eigenvalue weighted by Gasteiger charge is 2.53. The maximum atomic E-state index is 7.32. The second kappa shape index (κ2) is 12.2. The van der Waals surface area contributed by atoms with Gasteiger partial charge in [-0.3, -0.25) is 0 Å². The predicted octanol–water partition coefficient (Wildman–Crippen LogP) is 14.4. The van der Waals surface area contributed by atoms with Gasteiger partial charge in [-0.25, -0.2) is 0 Å². The van der Waals surface area contributed by atoms with E-state index in [1.807, 2.05) is 18.2 Å². The van der Waals surface area contributed by atoms with Crippen molar-refractivity contribution in [3.63, 3.8) is 0 Å². The summed E-state index contributed by atoms with van der Waals surface area (Å²) in [5.74, 6) is 2.88. The first kappa shape index (κ1) is 32.5. The van der Waals surface area contributed by atoms with Gasteiger partial charge in [0.05, 0.1) is 17.1 Å². The normalized spacial score (nSPS) is 16.0. The minimum atomic E-state index is -0.473. The topological polar surface area (TPSA) is 34.8 Å². The monoisotopic (exact) mass is 757 g/mol. The number of rotatable bonds is 4. The van der Waals surface area contributed by atoms with Crippen molar-refractivity contribution in [3.8, 4) is 45.3 Å². The predicted molar refractivity (Wildman–Crippen MR) is 237 cm³/mol. The van der Waals surface area contributed by atoms with Gasteiger partial charge in [0.25, 0.3) is 0 Å². The maximum Gasteiger partial charge on any atom is 0.193 e. The number of ether oxygens (including phenoxy) is 2. The van der Waals surface area contributed by atoms with Crippen molar-refractivity contribution in [3.05, 3.63) is 222 Å². The number of nitrogens with zero attached hydrogens (tertiary/aromatic N) is 1. The molecule has 0 amide bonds. The highest BCUT2D eigenvalue weighted by Crippen LogP contribution is 2.66. The number of fused-ring (bicyclic) bond motifs is 16. The van der Waals surface area contributed by atoms with Gasteiger partial charge in [0.15, 0.2) is 23.0 Å². The van der Waals surface area contributed by atoms with Gasteiger partial charge in [-0.2, -0.15) is 0 Å². The first-order chi connectivity index (χ1) is 29.3. The lowest BCUT2D eigenvalue weighted by Crippen LogP contribution is -2.30. The minimum Gasteiger partial charge on any atom is -0.456 e. The van der Waals surface area contributed by atoms with Crippen molar-refractivity contribution in [1.82, 2.24) is 0 Å². The van der Waals surface area contributed by atoms with E-state index in [0.717, 1.165) is 62.4 Å². The summed E-state index contributed by atoms with van der Waals surface area (Å²) in [4.78, 5) is 2.39. The summed E-state index contributed by atoms with van der Waals surface area (Å²) in [6, 6.07) is 62.6. The van der Waals surface area contributed by atoms with Gasteiger partial charge in [0.1, 0.15) is 11.2 Å². The molecule has 2 heterocycles. The molecule has 4 heteroatoms. The summed E-state index contributed by atoms with van der Waals surface area (Å²) in [7, 11) is 0. The van der Waals surface area contributed by atoms with E-state index in [2.05, 4.69) is 181 Å². The van der Waals surface area contributed by atoms with Crippen LogP contribution in [0.2, 0.25) is 0 Å². The van der Waals surface area contributed by atoms with Crippen molar-refractivity contribution < 1.29 is 13.9 Å². The Morgan fingerprint density at radius 2 is 1.19 bits per heavy atom. The Kier molecular flexibility index (Phi) is 6.74. The fourth-order valence-electron chi connectivity index (χ4n) is 10.4. The van der Waals surface area contributed by atoms with Crippen molar-refractivity contribution in [1.29, 1.82) is 0 Å². The lowest BCUT2D eigenvalue weighted by Gasteiger charge is -2.36. The third-order valence-electron chi connectivity index (χ3n) is 12.9. The van der Waals surface area contributed by atoms with E-state index < -0.39 is 5.41 Å². The molecule has 1 aliphatic heterocycles. The van der Waals surface area contributed by atoms with Crippen LogP contribution in [-0.2, 0) is 5.41 Å². The first-order valence-electron chi connectivity index (χ1n) is 20.4. The number of hydrogen-bond acceptors (Lipinski definition) is 4. The summed E-state index contributed by atoms with van der Waals surface area (Å²) in [5, 5.41) is 2.28. The Labute approximate surface area is 341 Å². The molecule has 1 atom stereocenters. The number of furan rings is 1. The lowest BCUT2D eigenvalue weighted by molar-refractivity contribution is 0.360. The summed E-state index contributed by atoms with van der Waals surface area (Å²) in [5.41, 5.74) is 15.6. The molecule has 0 fully saturated rings. The first-order valence-corrected chi connectivity index (χ1v) is 20.4. The van der Waals surface area contributed by atoms with Crippen LogP contribution in [0, 0.1) is 0 Å². The number of allylic oxidation sites excluding steroid dienone is 2. The molecule has 0 saturated heterocycles. The second-order valence-electron chi connectivity index (χ2n) is 15.8. The Hall–Kier alpha value is -7.56. The van der Waals surface area contributed by atoms with Crippen LogP contribution in [0.3, 0.4) is 0 Å². The molecule has 3 aliphatic carbocycles. The molecule has 4 nitrogen and oxygen atoms in total. The molecule has 9 aromatic rings. The van der Waals surface area contributed by atoms with Gasteiger partial charge in [0.2, 0.25) is 0 Å². The van der Waals surface area contributed by atoms with Crippen molar-refractivity contribution in [2.24, 2.45) is 0 Å². The average Bonchev–Trinajstić information content (AvgIpc) is 3.93. The van der Waals surface area contributed by atoms with E-state index >= 15 is 0 Å². The fourth-order valence-corrected chi connectivity index (χ4v) is 10.4. The van der Waals surface area contributed by atoms with Crippen LogP contribution in [0.25, 0.3) is 49.8 Å². The largest absolute Gasteiger partial charge is 0.456 e. The van der Waals surface area contributed by atoms with Crippen LogP contribution in [0.15, 0.2) is 199 Å².